The van der Waals surface area contributed by atoms with E-state index in [1.807, 2.05) is 0 Å². The number of aromatic amines is 1. The van der Waals surface area contributed by atoms with Gasteiger partial charge in [0, 0.05) is 19.7 Å². The molecular weight excluding hydrogens is 220 g/mol. The Morgan fingerprint density at radius 3 is 2.76 bits per heavy atom. The monoisotopic (exact) mass is 238 g/mol. The summed E-state index contributed by atoms with van der Waals surface area (Å²) in [6, 6.07) is 2.72. The quantitative estimate of drug-likeness (QED) is 0.681. The van der Waals surface area contributed by atoms with Gasteiger partial charge in [0.1, 0.15) is 5.69 Å². The molecule has 1 amide bonds. The lowest BCUT2D eigenvalue weighted by atomic mass is 10.2. The summed E-state index contributed by atoms with van der Waals surface area (Å²) >= 11 is 0. The molecular formula is C11H18N4O2. The first-order valence-electron chi connectivity index (χ1n) is 5.66. The first-order valence-corrected chi connectivity index (χ1v) is 5.66. The zero-order valence-corrected chi connectivity index (χ0v) is 9.98. The molecule has 0 spiro atoms. The van der Waals surface area contributed by atoms with Crippen molar-refractivity contribution >= 4 is 5.91 Å². The van der Waals surface area contributed by atoms with Gasteiger partial charge in [0.15, 0.2) is 0 Å². The normalized spacial score (nSPS) is 10.2. The number of amides is 1. The molecule has 0 fully saturated rings. The minimum atomic E-state index is -0.313. The van der Waals surface area contributed by atoms with Crippen LogP contribution in [0, 0.1) is 0 Å². The average molecular weight is 238 g/mol. The lowest BCUT2D eigenvalue weighted by Crippen LogP contribution is -2.29. The molecule has 0 saturated carbocycles. The number of H-pyrrole nitrogens is 1. The van der Waals surface area contributed by atoms with Gasteiger partial charge in [0.05, 0.1) is 0 Å². The van der Waals surface area contributed by atoms with Gasteiger partial charge in [-0.25, -0.2) is 5.10 Å². The minimum absolute atomic E-state index is 0.186. The predicted molar refractivity (Wildman–Crippen MR) is 64.7 cm³/mol. The molecule has 1 heterocycles. The van der Waals surface area contributed by atoms with E-state index in [-0.39, 0.29) is 17.2 Å². The van der Waals surface area contributed by atoms with E-state index in [0.717, 1.165) is 19.3 Å². The van der Waals surface area contributed by atoms with E-state index in [0.29, 0.717) is 13.1 Å². The predicted octanol–water partition coefficient (Wildman–Crippen LogP) is -0.0291. The average Bonchev–Trinajstić information content (AvgIpc) is 2.34. The fraction of sp³-hybridized carbons (Fsp3) is 0.545. The van der Waals surface area contributed by atoms with Crippen LogP contribution < -0.4 is 11.3 Å². The number of hydrogen-bond acceptors (Lipinski definition) is 4. The number of aromatic nitrogens is 2. The van der Waals surface area contributed by atoms with Crippen molar-refractivity contribution in [3.63, 3.8) is 0 Å². The van der Waals surface area contributed by atoms with Crippen molar-refractivity contribution in [3.05, 3.63) is 28.2 Å². The highest BCUT2D eigenvalue weighted by atomic mass is 16.2. The summed E-state index contributed by atoms with van der Waals surface area (Å²) in [7, 11) is 1.72. The van der Waals surface area contributed by atoms with Crippen LogP contribution in [0.25, 0.3) is 0 Å². The third-order valence-corrected chi connectivity index (χ3v) is 2.44. The zero-order chi connectivity index (χ0) is 12.7. The molecule has 0 radical (unpaired) electrons. The highest BCUT2D eigenvalue weighted by molar-refractivity contribution is 5.91. The number of nitrogens with one attached hydrogen (secondary N) is 1. The van der Waals surface area contributed by atoms with E-state index < -0.39 is 0 Å². The van der Waals surface area contributed by atoms with Crippen LogP contribution in [-0.2, 0) is 0 Å². The second-order valence-electron chi connectivity index (χ2n) is 3.88. The molecule has 1 aromatic rings. The Bertz CT molecular complexity index is 396. The molecule has 17 heavy (non-hydrogen) atoms. The van der Waals surface area contributed by atoms with Gasteiger partial charge in [-0.1, -0.05) is 6.42 Å². The van der Waals surface area contributed by atoms with Crippen molar-refractivity contribution < 1.29 is 4.79 Å². The van der Waals surface area contributed by atoms with Crippen LogP contribution >= 0.6 is 0 Å². The zero-order valence-electron chi connectivity index (χ0n) is 9.98. The van der Waals surface area contributed by atoms with Gasteiger partial charge < -0.3 is 10.6 Å². The number of nitrogens with two attached hydrogens (primary N) is 1. The highest BCUT2D eigenvalue weighted by Crippen LogP contribution is 2.00. The minimum Gasteiger partial charge on any atom is -0.340 e. The maximum Gasteiger partial charge on any atom is 0.274 e. The van der Waals surface area contributed by atoms with Gasteiger partial charge >= 0.3 is 0 Å². The Hall–Kier alpha value is -1.69. The van der Waals surface area contributed by atoms with E-state index in [4.69, 9.17) is 5.73 Å². The molecule has 1 aromatic heterocycles. The van der Waals surface area contributed by atoms with Crippen molar-refractivity contribution in [1.82, 2.24) is 15.1 Å². The number of carbonyl (C=O) groups excluding carboxylic acids is 1. The lowest BCUT2D eigenvalue weighted by molar-refractivity contribution is 0.0785. The molecule has 1 rings (SSSR count). The standard InChI is InChI=1S/C11H18N4O2/c1-15(8-4-2-3-7-12)11(17)9-5-6-10(16)14-13-9/h5-6H,2-4,7-8,12H2,1H3,(H,14,16). The summed E-state index contributed by atoms with van der Waals surface area (Å²) in [5.74, 6) is -0.186. The summed E-state index contributed by atoms with van der Waals surface area (Å²) in [5.41, 5.74) is 5.33. The summed E-state index contributed by atoms with van der Waals surface area (Å²) in [6.07, 6.45) is 2.90. The molecule has 0 aliphatic carbocycles. The maximum absolute atomic E-state index is 11.8. The summed E-state index contributed by atoms with van der Waals surface area (Å²) < 4.78 is 0. The summed E-state index contributed by atoms with van der Waals surface area (Å²) in [4.78, 5) is 24.2. The molecule has 0 aromatic carbocycles. The number of unbranched alkanes of at least 4 members (excludes halogenated alkanes) is 2. The van der Waals surface area contributed by atoms with Crippen LogP contribution in [0.15, 0.2) is 16.9 Å². The molecule has 6 nitrogen and oxygen atoms in total. The Labute approximate surface area is 99.8 Å². The van der Waals surface area contributed by atoms with Crippen molar-refractivity contribution in [2.75, 3.05) is 20.1 Å². The van der Waals surface area contributed by atoms with Crippen LogP contribution in [0.2, 0.25) is 0 Å². The third kappa shape index (κ3) is 4.36. The molecule has 6 heteroatoms. The second-order valence-corrected chi connectivity index (χ2v) is 3.88. The number of hydrogen-bond donors (Lipinski definition) is 2. The smallest absolute Gasteiger partial charge is 0.274 e. The van der Waals surface area contributed by atoms with Gasteiger partial charge in [0.25, 0.3) is 11.5 Å². The van der Waals surface area contributed by atoms with Crippen LogP contribution in [-0.4, -0.2) is 41.1 Å². The van der Waals surface area contributed by atoms with Crippen LogP contribution in [0.3, 0.4) is 0 Å². The Balaban J connectivity index is 2.46. The Morgan fingerprint density at radius 1 is 1.41 bits per heavy atom. The topological polar surface area (TPSA) is 92.1 Å². The van der Waals surface area contributed by atoms with E-state index in [2.05, 4.69) is 10.2 Å². The van der Waals surface area contributed by atoms with Crippen molar-refractivity contribution in [2.24, 2.45) is 5.73 Å². The van der Waals surface area contributed by atoms with Gasteiger partial charge in [-0.2, -0.15) is 5.10 Å². The van der Waals surface area contributed by atoms with Crippen molar-refractivity contribution in [3.8, 4) is 0 Å². The SMILES string of the molecule is CN(CCCCCN)C(=O)c1ccc(=O)[nH]n1. The van der Waals surface area contributed by atoms with E-state index in [1.54, 1.807) is 11.9 Å². The fourth-order valence-corrected chi connectivity index (χ4v) is 1.43. The fourth-order valence-electron chi connectivity index (χ4n) is 1.43. The molecule has 0 aliphatic heterocycles. The highest BCUT2D eigenvalue weighted by Gasteiger charge is 2.12. The number of carbonyl (C=O) groups is 1. The Kier molecular flexibility index (Phi) is 5.35. The lowest BCUT2D eigenvalue weighted by Gasteiger charge is -2.15. The maximum atomic E-state index is 11.8. The number of rotatable bonds is 6. The largest absolute Gasteiger partial charge is 0.340 e. The first kappa shape index (κ1) is 13.4. The summed E-state index contributed by atoms with van der Waals surface area (Å²) in [6.45, 7) is 1.35. The van der Waals surface area contributed by atoms with Crippen LogP contribution in [0.4, 0.5) is 0 Å². The number of nitrogens with zero attached hydrogens (tertiary/aromatic N) is 2. The van der Waals surface area contributed by atoms with Crippen LogP contribution in [0.1, 0.15) is 29.8 Å². The van der Waals surface area contributed by atoms with Gasteiger partial charge in [0.2, 0.25) is 0 Å². The molecule has 94 valence electrons. The van der Waals surface area contributed by atoms with Crippen molar-refractivity contribution in [1.29, 1.82) is 0 Å². The van der Waals surface area contributed by atoms with Crippen LogP contribution in [0.5, 0.6) is 0 Å². The van der Waals surface area contributed by atoms with E-state index in [1.165, 1.54) is 12.1 Å². The molecule has 0 aliphatic rings. The molecule has 0 saturated heterocycles. The molecule has 0 atom stereocenters. The van der Waals surface area contributed by atoms with Gasteiger partial charge in [-0.05, 0) is 25.5 Å². The first-order chi connectivity index (χ1) is 8.15. The van der Waals surface area contributed by atoms with Crippen molar-refractivity contribution in [2.45, 2.75) is 19.3 Å². The molecule has 0 bridgehead atoms. The molecule has 3 N–H and O–H groups in total. The Morgan fingerprint density at radius 2 is 2.18 bits per heavy atom. The summed E-state index contributed by atoms with van der Waals surface area (Å²) in [5, 5.41) is 5.94. The van der Waals surface area contributed by atoms with E-state index >= 15 is 0 Å². The van der Waals surface area contributed by atoms with E-state index in [9.17, 15) is 9.59 Å². The van der Waals surface area contributed by atoms with Gasteiger partial charge in [-0.3, -0.25) is 9.59 Å². The molecule has 0 unspecified atom stereocenters. The van der Waals surface area contributed by atoms with Gasteiger partial charge in [-0.15, -0.1) is 0 Å². The second kappa shape index (κ2) is 6.80. The third-order valence-electron chi connectivity index (χ3n) is 2.44.